The van der Waals surface area contributed by atoms with Gasteiger partial charge in [-0.2, -0.15) is 10.2 Å². The van der Waals surface area contributed by atoms with Crippen LogP contribution in [0.25, 0.3) is 0 Å². The quantitative estimate of drug-likeness (QED) is 0.601. The Hall–Kier alpha value is -2.25. The van der Waals surface area contributed by atoms with Gasteiger partial charge < -0.3 is 0 Å². The van der Waals surface area contributed by atoms with Gasteiger partial charge in [0, 0.05) is 11.1 Å². The molecule has 96 valence electrons. The average Bonchev–Trinajstić information content (AvgIpc) is 2.93. The Labute approximate surface area is 108 Å². The molecular weight excluding hydrogens is 236 g/mol. The highest BCUT2D eigenvalue weighted by atomic mass is 16.6. The van der Waals surface area contributed by atoms with Crippen LogP contribution in [0.5, 0.6) is 0 Å². The normalized spacial score (nSPS) is 14.9. The van der Waals surface area contributed by atoms with E-state index in [1.54, 1.807) is 13.8 Å². The first-order valence-corrected chi connectivity index (χ1v) is 5.17. The van der Waals surface area contributed by atoms with Gasteiger partial charge in [0.05, 0.1) is 4.92 Å². The predicted octanol–water partition coefficient (Wildman–Crippen LogP) is 1.01. The first kappa shape index (κ1) is 8.78. The van der Waals surface area contributed by atoms with Crippen molar-refractivity contribution in [2.45, 2.75) is 26.3 Å². The molecule has 0 radical (unpaired) electrons. The Balaban J connectivity index is 2.44. The van der Waals surface area contributed by atoms with Gasteiger partial charge in [-0.25, -0.2) is 4.98 Å². The maximum absolute atomic E-state index is 10.9. The number of aromatic nitrogens is 5. The number of aryl methyl sites for hydroxylation is 2. The van der Waals surface area contributed by atoms with Crippen LogP contribution in [-0.2, 0) is 12.5 Å². The van der Waals surface area contributed by atoms with Crippen LogP contribution >= 0.6 is 0 Å². The molecule has 0 saturated heterocycles. The summed E-state index contributed by atoms with van der Waals surface area (Å²) in [6, 6.07) is 0. The van der Waals surface area contributed by atoms with Crippen molar-refractivity contribution in [2.24, 2.45) is 6.98 Å². The summed E-state index contributed by atoms with van der Waals surface area (Å²) in [5.41, 5.74) is -0.767. The van der Waals surface area contributed by atoms with E-state index in [-0.39, 0.29) is 17.2 Å². The standard InChI is InChI=1S/C10H14N6O2/c1-7-8(16(17)18)5-15(12-7)10(2,3)9-11-6-14(4)13-9/h5-6H,1-4H3/i4D3. The molecule has 0 aliphatic heterocycles. The van der Waals surface area contributed by atoms with Gasteiger partial charge in [-0.3, -0.25) is 19.5 Å². The molecule has 8 heteroatoms. The van der Waals surface area contributed by atoms with Gasteiger partial charge in [0.2, 0.25) is 0 Å². The smallest absolute Gasteiger partial charge is 0.258 e. The fourth-order valence-corrected chi connectivity index (χ4v) is 1.56. The van der Waals surface area contributed by atoms with E-state index < -0.39 is 17.4 Å². The second-order valence-corrected chi connectivity index (χ2v) is 4.37. The van der Waals surface area contributed by atoms with Gasteiger partial charge in [0.15, 0.2) is 5.82 Å². The summed E-state index contributed by atoms with van der Waals surface area (Å²) >= 11 is 0. The summed E-state index contributed by atoms with van der Waals surface area (Å²) in [4.78, 5) is 14.3. The molecule has 2 rings (SSSR count). The van der Waals surface area contributed by atoms with E-state index in [2.05, 4.69) is 15.2 Å². The highest BCUT2D eigenvalue weighted by molar-refractivity contribution is 5.32. The molecule has 0 spiro atoms. The molecule has 0 atom stereocenters. The van der Waals surface area contributed by atoms with E-state index in [4.69, 9.17) is 4.11 Å². The van der Waals surface area contributed by atoms with Crippen LogP contribution in [0.2, 0.25) is 0 Å². The Morgan fingerprint density at radius 1 is 1.50 bits per heavy atom. The summed E-state index contributed by atoms with van der Waals surface area (Å²) in [6.07, 6.45) is 2.39. The number of rotatable bonds is 3. The van der Waals surface area contributed by atoms with Gasteiger partial charge >= 0.3 is 5.69 Å². The van der Waals surface area contributed by atoms with Crippen molar-refractivity contribution in [3.8, 4) is 0 Å². The maximum Gasteiger partial charge on any atom is 0.309 e. The molecule has 2 aromatic heterocycles. The Morgan fingerprint density at radius 3 is 2.72 bits per heavy atom. The van der Waals surface area contributed by atoms with Gasteiger partial charge in [-0.15, -0.1) is 0 Å². The SMILES string of the molecule is [2H]C([2H])([2H])n1cnc(C(C)(C)n2cc([N+](=O)[O-])c(C)n2)n1. The van der Waals surface area contributed by atoms with E-state index in [0.29, 0.717) is 0 Å². The molecule has 0 aliphatic rings. The molecule has 2 heterocycles. The van der Waals surface area contributed by atoms with Crippen LogP contribution in [0.15, 0.2) is 12.5 Å². The van der Waals surface area contributed by atoms with E-state index in [1.165, 1.54) is 17.8 Å². The Bertz CT molecular complexity index is 687. The summed E-state index contributed by atoms with van der Waals surface area (Å²) in [5, 5.41) is 18.9. The topological polar surface area (TPSA) is 91.7 Å². The molecule has 0 N–H and O–H groups in total. The van der Waals surface area contributed by atoms with E-state index in [1.807, 2.05) is 0 Å². The van der Waals surface area contributed by atoms with Crippen molar-refractivity contribution in [1.29, 1.82) is 0 Å². The lowest BCUT2D eigenvalue weighted by Gasteiger charge is -2.21. The summed E-state index contributed by atoms with van der Waals surface area (Å²) < 4.78 is 23.9. The van der Waals surface area contributed by atoms with Crippen molar-refractivity contribution in [3.05, 3.63) is 34.2 Å². The lowest BCUT2D eigenvalue weighted by Crippen LogP contribution is -2.30. The minimum atomic E-state index is -2.42. The Morgan fingerprint density at radius 2 is 2.22 bits per heavy atom. The first-order chi connectivity index (χ1) is 9.53. The van der Waals surface area contributed by atoms with Gasteiger partial charge in [0.1, 0.15) is 23.8 Å². The zero-order valence-electron chi connectivity index (χ0n) is 13.2. The van der Waals surface area contributed by atoms with Crippen LogP contribution in [0.4, 0.5) is 5.69 Å². The molecule has 0 fully saturated rings. The van der Waals surface area contributed by atoms with Crippen LogP contribution < -0.4 is 0 Å². The zero-order valence-corrected chi connectivity index (χ0v) is 10.2. The fraction of sp³-hybridized carbons (Fsp3) is 0.500. The Kier molecular flexibility index (Phi) is 1.90. The molecule has 0 aliphatic carbocycles. The molecule has 8 nitrogen and oxygen atoms in total. The molecule has 18 heavy (non-hydrogen) atoms. The lowest BCUT2D eigenvalue weighted by atomic mass is 10.1. The van der Waals surface area contributed by atoms with Crippen molar-refractivity contribution in [1.82, 2.24) is 24.5 Å². The van der Waals surface area contributed by atoms with Crippen LogP contribution in [-0.4, -0.2) is 29.5 Å². The predicted molar refractivity (Wildman–Crippen MR) is 63.0 cm³/mol. The molecule has 0 saturated carbocycles. The number of nitro groups is 1. The van der Waals surface area contributed by atoms with Gasteiger partial charge in [0.25, 0.3) is 0 Å². The van der Waals surface area contributed by atoms with Crippen LogP contribution in [0, 0.1) is 17.0 Å². The van der Waals surface area contributed by atoms with Crippen LogP contribution in [0.1, 0.15) is 29.5 Å². The zero-order chi connectivity index (χ0) is 16.0. The van der Waals surface area contributed by atoms with E-state index >= 15 is 0 Å². The third-order valence-electron chi connectivity index (χ3n) is 2.68. The fourth-order valence-electron chi connectivity index (χ4n) is 1.56. The van der Waals surface area contributed by atoms with Crippen molar-refractivity contribution in [3.63, 3.8) is 0 Å². The summed E-state index contributed by atoms with van der Waals surface area (Å²) in [7, 11) is 0. The number of nitrogens with zero attached hydrogens (tertiary/aromatic N) is 6. The first-order valence-electron chi connectivity index (χ1n) is 6.67. The minimum absolute atomic E-state index is 0.113. The van der Waals surface area contributed by atoms with Crippen molar-refractivity contribution in [2.75, 3.05) is 0 Å². The summed E-state index contributed by atoms with van der Waals surface area (Å²) in [5.74, 6) is 0.205. The molecule has 2 aromatic rings. The lowest BCUT2D eigenvalue weighted by molar-refractivity contribution is -0.385. The molecular formula is C10H14N6O2. The van der Waals surface area contributed by atoms with Crippen molar-refractivity contribution < 1.29 is 9.04 Å². The summed E-state index contributed by atoms with van der Waals surface area (Å²) in [6.45, 7) is 2.50. The highest BCUT2D eigenvalue weighted by Gasteiger charge is 2.31. The number of hydrogen-bond acceptors (Lipinski definition) is 5. The molecule has 0 aromatic carbocycles. The van der Waals surface area contributed by atoms with Gasteiger partial charge in [-0.05, 0) is 20.8 Å². The average molecular weight is 253 g/mol. The minimum Gasteiger partial charge on any atom is -0.258 e. The third kappa shape index (κ3) is 1.85. The van der Waals surface area contributed by atoms with Crippen molar-refractivity contribution >= 4 is 5.69 Å². The largest absolute Gasteiger partial charge is 0.309 e. The maximum atomic E-state index is 10.9. The highest BCUT2D eigenvalue weighted by Crippen LogP contribution is 2.25. The van der Waals surface area contributed by atoms with E-state index in [9.17, 15) is 10.1 Å². The van der Waals surface area contributed by atoms with Crippen LogP contribution in [0.3, 0.4) is 0 Å². The monoisotopic (exact) mass is 253 g/mol. The van der Waals surface area contributed by atoms with E-state index in [0.717, 1.165) is 11.0 Å². The second kappa shape index (κ2) is 3.90. The molecule has 0 amide bonds. The van der Waals surface area contributed by atoms with Gasteiger partial charge in [-0.1, -0.05) is 0 Å². The molecule has 0 bridgehead atoms. The third-order valence-corrected chi connectivity index (χ3v) is 2.68. The second-order valence-electron chi connectivity index (χ2n) is 4.37. The molecule has 0 unspecified atom stereocenters. The number of hydrogen-bond donors (Lipinski definition) is 0.